The van der Waals surface area contributed by atoms with Crippen molar-refractivity contribution in [3.05, 3.63) is 0 Å². The van der Waals surface area contributed by atoms with E-state index in [1.165, 1.54) is 32.1 Å². The minimum absolute atomic E-state index is 0.130. The second-order valence-electron chi connectivity index (χ2n) is 5.86. The molecule has 1 aliphatic carbocycles. The largest absolute Gasteiger partial charge is 0.299 e. The molecule has 98 valence electrons. The van der Waals surface area contributed by atoms with Gasteiger partial charge >= 0.3 is 0 Å². The third-order valence-corrected chi connectivity index (χ3v) is 3.59. The maximum Gasteiger partial charge on any atom is 0.141 e. The summed E-state index contributed by atoms with van der Waals surface area (Å²) in [4.78, 5) is 16.7. The fourth-order valence-electron chi connectivity index (χ4n) is 2.23. The second kappa shape index (κ2) is 6.93. The molecule has 17 heavy (non-hydrogen) atoms. The van der Waals surface area contributed by atoms with Crippen LogP contribution < -0.4 is 0 Å². The first kappa shape index (κ1) is 14.4. The van der Waals surface area contributed by atoms with Crippen LogP contribution in [0.1, 0.15) is 66.2 Å². The molecule has 0 aliphatic heterocycles. The van der Waals surface area contributed by atoms with Crippen LogP contribution in [0.4, 0.5) is 0 Å². The lowest BCUT2D eigenvalue weighted by molar-refractivity contribution is -0.120. The standard InChI is InChI=1S/C15H27NO/c1-11(2)14(10-15(17)12(3)4)16-13-8-6-5-7-9-13/h11-13H,5-10H2,1-4H3. The zero-order valence-electron chi connectivity index (χ0n) is 11.8. The highest BCUT2D eigenvalue weighted by molar-refractivity contribution is 6.03. The topological polar surface area (TPSA) is 29.4 Å². The number of hydrogen-bond donors (Lipinski definition) is 0. The van der Waals surface area contributed by atoms with Crippen molar-refractivity contribution < 1.29 is 4.79 Å². The molecule has 1 fully saturated rings. The molecule has 0 saturated heterocycles. The predicted molar refractivity (Wildman–Crippen MR) is 73.6 cm³/mol. The molecule has 1 saturated carbocycles. The SMILES string of the molecule is CC(C)C(=O)CC(=NC1CCCCC1)C(C)C. The zero-order chi connectivity index (χ0) is 12.8. The van der Waals surface area contributed by atoms with E-state index in [0.717, 1.165) is 5.71 Å². The van der Waals surface area contributed by atoms with Gasteiger partial charge in [0.25, 0.3) is 0 Å². The van der Waals surface area contributed by atoms with Crippen molar-refractivity contribution in [3.8, 4) is 0 Å². The number of carbonyl (C=O) groups is 1. The molecule has 0 aromatic rings. The van der Waals surface area contributed by atoms with Crippen molar-refractivity contribution in [1.29, 1.82) is 0 Å². The summed E-state index contributed by atoms with van der Waals surface area (Å²) in [5.74, 6) is 0.859. The lowest BCUT2D eigenvalue weighted by Crippen LogP contribution is -2.21. The Bertz CT molecular complexity index is 273. The lowest BCUT2D eigenvalue weighted by Gasteiger charge is -2.21. The highest BCUT2D eigenvalue weighted by Crippen LogP contribution is 2.22. The van der Waals surface area contributed by atoms with Crippen LogP contribution in [0, 0.1) is 11.8 Å². The van der Waals surface area contributed by atoms with Crippen molar-refractivity contribution in [2.75, 3.05) is 0 Å². The molecule has 0 heterocycles. The molecule has 2 nitrogen and oxygen atoms in total. The summed E-state index contributed by atoms with van der Waals surface area (Å²) in [6.45, 7) is 8.24. The molecule has 0 unspecified atom stereocenters. The Morgan fingerprint density at radius 2 is 1.65 bits per heavy atom. The second-order valence-corrected chi connectivity index (χ2v) is 5.86. The Labute approximate surface area is 106 Å². The van der Waals surface area contributed by atoms with Crippen molar-refractivity contribution in [2.24, 2.45) is 16.8 Å². The predicted octanol–water partition coefficient (Wildman–Crippen LogP) is 4.03. The van der Waals surface area contributed by atoms with E-state index in [9.17, 15) is 4.79 Å². The van der Waals surface area contributed by atoms with Crippen molar-refractivity contribution in [1.82, 2.24) is 0 Å². The minimum atomic E-state index is 0.130. The van der Waals surface area contributed by atoms with Gasteiger partial charge in [-0.2, -0.15) is 0 Å². The summed E-state index contributed by atoms with van der Waals surface area (Å²) >= 11 is 0. The minimum Gasteiger partial charge on any atom is -0.299 e. The number of Topliss-reactive ketones (excluding diaryl/α,β-unsaturated/α-hetero) is 1. The zero-order valence-corrected chi connectivity index (χ0v) is 11.8. The van der Waals surface area contributed by atoms with Gasteiger partial charge in [0, 0.05) is 24.1 Å². The van der Waals surface area contributed by atoms with Crippen LogP contribution in [-0.2, 0) is 4.79 Å². The van der Waals surface area contributed by atoms with Crippen LogP contribution in [0.15, 0.2) is 4.99 Å². The van der Waals surface area contributed by atoms with E-state index in [2.05, 4.69) is 13.8 Å². The van der Waals surface area contributed by atoms with Crippen LogP contribution >= 0.6 is 0 Å². The van der Waals surface area contributed by atoms with Gasteiger partial charge in [0.2, 0.25) is 0 Å². The quantitative estimate of drug-likeness (QED) is 0.664. The van der Waals surface area contributed by atoms with Crippen LogP contribution in [0.2, 0.25) is 0 Å². The molecular formula is C15H27NO. The number of nitrogens with zero attached hydrogens (tertiary/aromatic N) is 1. The van der Waals surface area contributed by atoms with E-state index in [0.29, 0.717) is 24.2 Å². The van der Waals surface area contributed by atoms with Crippen LogP contribution in [0.3, 0.4) is 0 Å². The normalized spacial score (nSPS) is 19.1. The Kier molecular flexibility index (Phi) is 5.87. The number of aliphatic imine (C=N–C) groups is 1. The smallest absolute Gasteiger partial charge is 0.141 e. The van der Waals surface area contributed by atoms with Gasteiger partial charge in [0.1, 0.15) is 5.78 Å². The van der Waals surface area contributed by atoms with Gasteiger partial charge in [-0.1, -0.05) is 47.0 Å². The summed E-state index contributed by atoms with van der Waals surface area (Å²) in [5, 5.41) is 0. The first-order chi connectivity index (χ1) is 8.00. The van der Waals surface area contributed by atoms with Crippen molar-refractivity contribution >= 4 is 11.5 Å². The molecule has 1 rings (SSSR count). The van der Waals surface area contributed by atoms with E-state index in [1.807, 2.05) is 13.8 Å². The maximum absolute atomic E-state index is 11.8. The first-order valence-electron chi connectivity index (χ1n) is 7.10. The molecule has 0 spiro atoms. The van der Waals surface area contributed by atoms with Crippen LogP contribution in [-0.4, -0.2) is 17.5 Å². The molecule has 0 N–H and O–H groups in total. The van der Waals surface area contributed by atoms with E-state index < -0.39 is 0 Å². The number of hydrogen-bond acceptors (Lipinski definition) is 2. The lowest BCUT2D eigenvalue weighted by atomic mass is 9.93. The van der Waals surface area contributed by atoms with Crippen LogP contribution in [0.25, 0.3) is 0 Å². The Morgan fingerprint density at radius 1 is 1.06 bits per heavy atom. The summed E-state index contributed by atoms with van der Waals surface area (Å²) in [7, 11) is 0. The molecular weight excluding hydrogens is 210 g/mol. The number of carbonyl (C=O) groups excluding carboxylic acids is 1. The Hall–Kier alpha value is -0.660. The first-order valence-corrected chi connectivity index (χ1v) is 7.10. The monoisotopic (exact) mass is 237 g/mol. The summed E-state index contributed by atoms with van der Waals surface area (Å²) in [5.41, 5.74) is 1.12. The molecule has 0 bridgehead atoms. The third kappa shape index (κ3) is 5.01. The van der Waals surface area contributed by atoms with Gasteiger partial charge in [0.15, 0.2) is 0 Å². The molecule has 0 atom stereocenters. The third-order valence-electron chi connectivity index (χ3n) is 3.59. The Balaban J connectivity index is 2.63. The highest BCUT2D eigenvalue weighted by Gasteiger charge is 2.17. The van der Waals surface area contributed by atoms with Gasteiger partial charge in [-0.3, -0.25) is 9.79 Å². The van der Waals surface area contributed by atoms with Crippen LogP contribution in [0.5, 0.6) is 0 Å². The summed E-state index contributed by atoms with van der Waals surface area (Å²) in [6.07, 6.45) is 6.95. The molecule has 0 amide bonds. The highest BCUT2D eigenvalue weighted by atomic mass is 16.1. The fourth-order valence-corrected chi connectivity index (χ4v) is 2.23. The van der Waals surface area contributed by atoms with Crippen molar-refractivity contribution in [3.63, 3.8) is 0 Å². The number of rotatable bonds is 5. The molecule has 0 aromatic heterocycles. The van der Waals surface area contributed by atoms with E-state index in [4.69, 9.17) is 4.99 Å². The van der Waals surface area contributed by atoms with E-state index in [-0.39, 0.29) is 5.92 Å². The Morgan fingerprint density at radius 3 is 2.12 bits per heavy atom. The van der Waals surface area contributed by atoms with Gasteiger partial charge in [-0.25, -0.2) is 0 Å². The summed E-state index contributed by atoms with van der Waals surface area (Å²) < 4.78 is 0. The molecule has 0 aromatic carbocycles. The fraction of sp³-hybridized carbons (Fsp3) is 0.867. The van der Waals surface area contributed by atoms with Gasteiger partial charge < -0.3 is 0 Å². The number of ketones is 1. The average Bonchev–Trinajstić information content (AvgIpc) is 2.29. The van der Waals surface area contributed by atoms with E-state index in [1.54, 1.807) is 0 Å². The van der Waals surface area contributed by atoms with Gasteiger partial charge in [-0.15, -0.1) is 0 Å². The van der Waals surface area contributed by atoms with Gasteiger partial charge in [-0.05, 0) is 18.8 Å². The average molecular weight is 237 g/mol. The van der Waals surface area contributed by atoms with E-state index >= 15 is 0 Å². The maximum atomic E-state index is 11.8. The van der Waals surface area contributed by atoms with Crippen molar-refractivity contribution in [2.45, 2.75) is 72.3 Å². The summed E-state index contributed by atoms with van der Waals surface area (Å²) in [6, 6.07) is 0.487. The molecule has 1 aliphatic rings. The molecule has 0 radical (unpaired) electrons. The van der Waals surface area contributed by atoms with Gasteiger partial charge in [0.05, 0.1) is 0 Å². The molecule has 2 heteroatoms.